The summed E-state index contributed by atoms with van der Waals surface area (Å²) in [6.45, 7) is 3.16. The largest absolute Gasteiger partial charge is 0.982 e. The number of amides is 1. The van der Waals surface area contributed by atoms with Crippen LogP contribution < -0.4 is 10.8 Å². The summed E-state index contributed by atoms with van der Waals surface area (Å²) in [7, 11) is 0. The molecule has 1 aromatic rings. The molecular weight excluding hydrogens is 293 g/mol. The molecule has 10 heteroatoms. The highest BCUT2D eigenvalue weighted by Crippen LogP contribution is 2.07. The average Bonchev–Trinajstić information content (AvgIpc) is 2.34. The zero-order valence-electron chi connectivity index (χ0n) is 12.4. The van der Waals surface area contributed by atoms with Gasteiger partial charge in [0.05, 0.1) is 5.46 Å². The van der Waals surface area contributed by atoms with E-state index in [2.05, 4.69) is 5.32 Å². The monoisotopic (exact) mass is 309 g/mol. The summed E-state index contributed by atoms with van der Waals surface area (Å²) < 4.78 is 5.05. The molecule has 9 nitrogen and oxygen atoms in total. The van der Waals surface area contributed by atoms with E-state index in [1.54, 1.807) is 26.8 Å². The summed E-state index contributed by atoms with van der Waals surface area (Å²) in [5, 5.41) is 24.0. The van der Waals surface area contributed by atoms with Gasteiger partial charge in [-0.3, -0.25) is 20.2 Å². The molecule has 22 heavy (non-hydrogen) atoms. The van der Waals surface area contributed by atoms with Crippen LogP contribution in [0.5, 0.6) is 0 Å². The highest BCUT2D eigenvalue weighted by atomic mass is 16.7. The summed E-state index contributed by atoms with van der Waals surface area (Å²) >= 11 is 0. The molecule has 0 unspecified atom stereocenters. The van der Waals surface area contributed by atoms with Gasteiger partial charge in [0.2, 0.25) is 0 Å². The summed E-state index contributed by atoms with van der Waals surface area (Å²) in [4.78, 5) is 31.1. The van der Waals surface area contributed by atoms with Crippen LogP contribution in [0.15, 0.2) is 24.3 Å². The van der Waals surface area contributed by atoms with E-state index < -0.39 is 28.3 Å². The minimum absolute atomic E-state index is 0.0465. The van der Waals surface area contributed by atoms with Crippen molar-refractivity contribution in [2.75, 3.05) is 0 Å². The maximum absolute atomic E-state index is 11.5. The van der Waals surface area contributed by atoms with Gasteiger partial charge in [0.1, 0.15) is 5.60 Å². The number of rotatable bonds is 5. The van der Waals surface area contributed by atoms with Crippen LogP contribution in [0.25, 0.3) is 0 Å². The Morgan fingerprint density at radius 1 is 1.27 bits per heavy atom. The molecule has 1 amide bonds. The number of ether oxygens (including phenoxy) is 1. The Hall–Kier alpha value is -2.65. The molecule has 0 aliphatic rings. The molecule has 0 saturated carbocycles. The van der Waals surface area contributed by atoms with Crippen LogP contribution in [0.1, 0.15) is 26.3 Å². The van der Waals surface area contributed by atoms with Gasteiger partial charge in [-0.05, 0) is 32.4 Å². The fourth-order valence-corrected chi connectivity index (χ4v) is 1.67. The van der Waals surface area contributed by atoms with E-state index in [4.69, 9.17) is 4.74 Å². The Kier molecular flexibility index (Phi) is 5.44. The molecule has 0 fully saturated rings. The molecule has 0 atom stereocenters. The molecule has 1 rings (SSSR count). The van der Waals surface area contributed by atoms with Crippen LogP contribution in [-0.2, 0) is 11.3 Å². The molecule has 0 bridgehead atoms. The predicted octanol–water partition coefficient (Wildman–Crippen LogP) is 0.960. The van der Waals surface area contributed by atoms with Crippen molar-refractivity contribution in [2.45, 2.75) is 32.9 Å². The second-order valence-corrected chi connectivity index (χ2v) is 5.54. The zero-order chi connectivity index (χ0) is 16.9. The maximum Gasteiger partial charge on any atom is 0.982 e. The van der Waals surface area contributed by atoms with Crippen molar-refractivity contribution in [3.8, 4) is 0 Å². The predicted molar refractivity (Wildman–Crippen MR) is 78.9 cm³/mol. The highest BCUT2D eigenvalue weighted by Gasteiger charge is 2.54. The second kappa shape index (κ2) is 6.88. The molecule has 0 aliphatic carbocycles. The van der Waals surface area contributed by atoms with Crippen LogP contribution in [0.2, 0.25) is 0 Å². The van der Waals surface area contributed by atoms with Gasteiger partial charge in [0, 0.05) is 16.2 Å². The standard InChI is InChI=1S/C12H16BN3O6/c1-12(2,3)22-11(17)14-8-9-5-4-6-10(7-9)13(15(18)19)16(20)21/h4-7H,8H2,1-3H3,(H,14,17). The Bertz CT molecular complexity index is 572. The molecule has 1 aromatic carbocycles. The summed E-state index contributed by atoms with van der Waals surface area (Å²) in [6, 6.07) is 5.67. The van der Waals surface area contributed by atoms with Crippen LogP contribution in [0, 0.1) is 20.2 Å². The molecule has 0 radical (unpaired) electrons. The lowest BCUT2D eigenvalue weighted by Crippen LogP contribution is -2.46. The lowest BCUT2D eigenvalue weighted by Gasteiger charge is -2.19. The van der Waals surface area contributed by atoms with Gasteiger partial charge in [-0.1, -0.05) is 18.2 Å². The molecule has 0 heterocycles. The average molecular weight is 309 g/mol. The quantitative estimate of drug-likeness (QED) is 0.490. The number of nitrogens with zero attached hydrogens (tertiary/aromatic N) is 2. The lowest BCUT2D eigenvalue weighted by atomic mass is 9.70. The van der Waals surface area contributed by atoms with Gasteiger partial charge >= 0.3 is 13.1 Å². The maximum atomic E-state index is 11.5. The second-order valence-electron chi connectivity index (χ2n) is 5.54. The molecule has 0 aliphatic heterocycles. The first-order chi connectivity index (χ1) is 10.1. The third-order valence-corrected chi connectivity index (χ3v) is 2.48. The number of hydrogen-bond acceptors (Lipinski definition) is 6. The van der Waals surface area contributed by atoms with Gasteiger partial charge in [-0.25, -0.2) is 4.79 Å². The normalized spacial score (nSPS) is 10.7. The van der Waals surface area contributed by atoms with Gasteiger partial charge < -0.3 is 10.1 Å². The van der Waals surface area contributed by atoms with Crippen molar-refractivity contribution < 1.29 is 19.2 Å². The Labute approximate surface area is 127 Å². The summed E-state index contributed by atoms with van der Waals surface area (Å²) in [5.74, 6) is 0. The fourth-order valence-electron chi connectivity index (χ4n) is 1.67. The zero-order valence-corrected chi connectivity index (χ0v) is 12.4. The first-order valence-electron chi connectivity index (χ1n) is 6.43. The smallest absolute Gasteiger partial charge is 0.444 e. The van der Waals surface area contributed by atoms with Crippen molar-refractivity contribution in [3.63, 3.8) is 0 Å². The number of hydrogen-bond donors (Lipinski definition) is 1. The topological polar surface area (TPSA) is 125 Å². The van der Waals surface area contributed by atoms with Crippen molar-refractivity contribution in [1.82, 2.24) is 5.32 Å². The van der Waals surface area contributed by atoms with E-state index in [-0.39, 0.29) is 12.0 Å². The summed E-state index contributed by atoms with van der Waals surface area (Å²) in [6.07, 6.45) is -0.641. The first kappa shape index (κ1) is 17.4. The minimum atomic E-state index is -2.03. The van der Waals surface area contributed by atoms with E-state index in [9.17, 15) is 25.0 Å². The van der Waals surface area contributed by atoms with Gasteiger partial charge in [-0.2, -0.15) is 0 Å². The SMILES string of the molecule is CC(C)(C)OC(=O)NCc1cccc(B([N+](=O)[O-])[N+](=O)[O-])c1. The van der Waals surface area contributed by atoms with Crippen molar-refractivity contribution in [1.29, 1.82) is 0 Å². The molecule has 118 valence electrons. The number of nitro groups is 2. The van der Waals surface area contributed by atoms with E-state index in [0.29, 0.717) is 5.56 Å². The van der Waals surface area contributed by atoms with E-state index in [0.717, 1.165) is 0 Å². The number of carbonyl (C=O) groups excluding carboxylic acids is 1. The highest BCUT2D eigenvalue weighted by molar-refractivity contribution is 6.58. The third-order valence-electron chi connectivity index (χ3n) is 2.48. The lowest BCUT2D eigenvalue weighted by molar-refractivity contribution is -0.465. The van der Waals surface area contributed by atoms with E-state index in [1.165, 1.54) is 18.2 Å². The number of carbonyl (C=O) groups is 1. The van der Waals surface area contributed by atoms with E-state index in [1.807, 2.05) is 0 Å². The molecular formula is C12H16BN3O6. The third kappa shape index (κ3) is 5.39. The summed E-state index contributed by atoms with van der Waals surface area (Å²) in [5.41, 5.74) is -0.204. The number of nitrogens with one attached hydrogen (secondary N) is 1. The van der Waals surface area contributed by atoms with Crippen LogP contribution >= 0.6 is 0 Å². The molecule has 0 spiro atoms. The van der Waals surface area contributed by atoms with Gasteiger partial charge in [-0.15, -0.1) is 0 Å². The van der Waals surface area contributed by atoms with Crippen LogP contribution in [-0.4, -0.2) is 28.3 Å². The molecule has 1 N–H and O–H groups in total. The van der Waals surface area contributed by atoms with Crippen LogP contribution in [0.3, 0.4) is 0 Å². The van der Waals surface area contributed by atoms with Crippen molar-refractivity contribution >= 4 is 18.5 Å². The van der Waals surface area contributed by atoms with Gasteiger partial charge in [0.15, 0.2) is 0 Å². The molecule has 0 aromatic heterocycles. The van der Waals surface area contributed by atoms with E-state index >= 15 is 0 Å². The first-order valence-corrected chi connectivity index (χ1v) is 6.43. The number of benzene rings is 1. The minimum Gasteiger partial charge on any atom is -0.444 e. The Balaban J connectivity index is 2.78. The van der Waals surface area contributed by atoms with Gasteiger partial charge in [0.25, 0.3) is 0 Å². The number of alkyl carbamates (subject to hydrolysis) is 1. The van der Waals surface area contributed by atoms with Crippen LogP contribution in [0.4, 0.5) is 4.79 Å². The molecule has 0 saturated heterocycles. The Morgan fingerprint density at radius 2 is 1.86 bits per heavy atom. The fraction of sp³-hybridized carbons (Fsp3) is 0.417. The van der Waals surface area contributed by atoms with Crippen molar-refractivity contribution in [2.24, 2.45) is 0 Å². The van der Waals surface area contributed by atoms with Crippen molar-refractivity contribution in [3.05, 3.63) is 50.1 Å². The Morgan fingerprint density at radius 3 is 2.36 bits per heavy atom.